The van der Waals surface area contributed by atoms with E-state index in [0.29, 0.717) is 13.2 Å². The lowest BCUT2D eigenvalue weighted by Gasteiger charge is -2.00. The fourth-order valence-corrected chi connectivity index (χ4v) is 0.439. The number of rotatable bonds is 6. The number of nitrogens with one attached hydrogen (secondary N) is 1. The lowest BCUT2D eigenvalue weighted by Crippen LogP contribution is -2.26. The summed E-state index contributed by atoms with van der Waals surface area (Å²) in [7, 11) is 0. The summed E-state index contributed by atoms with van der Waals surface area (Å²) in [5.41, 5.74) is 1.78. The average molecular weight is 160 g/mol. The van der Waals surface area contributed by atoms with Gasteiger partial charge in [0.1, 0.15) is 0 Å². The fourth-order valence-electron chi connectivity index (χ4n) is 0.439. The molecular weight excluding hydrogens is 148 g/mol. The number of carbonyl (C=O) groups excluding carboxylic acids is 1. The summed E-state index contributed by atoms with van der Waals surface area (Å²) in [5.74, 6) is 4.26. The molecule has 0 saturated heterocycles. The number of nitrogens with two attached hydrogens (primary N) is 1. The first-order chi connectivity index (χ1) is 5.31. The molecule has 5 nitrogen and oxygen atoms in total. The van der Waals surface area contributed by atoms with Crippen LogP contribution in [0, 0.1) is 0 Å². The van der Waals surface area contributed by atoms with Crippen LogP contribution in [0.2, 0.25) is 0 Å². The van der Waals surface area contributed by atoms with E-state index in [1.165, 1.54) is 0 Å². The molecule has 0 rings (SSSR count). The number of carbonyl (C=O) groups is 1. The predicted octanol–water partition coefficient (Wildman–Crippen LogP) is -0.499. The second-order valence-electron chi connectivity index (χ2n) is 1.71. The third kappa shape index (κ3) is 6.98. The van der Waals surface area contributed by atoms with Crippen molar-refractivity contribution < 1.29 is 14.4 Å². The highest BCUT2D eigenvalue weighted by atomic mass is 16.7. The minimum absolute atomic E-state index is 0.179. The smallest absolute Gasteiger partial charge is 0.328 e. The molecule has 0 bridgehead atoms. The Kier molecular flexibility index (Phi) is 6.60. The molecule has 0 aliphatic rings. The van der Waals surface area contributed by atoms with E-state index in [-0.39, 0.29) is 6.42 Å². The number of hydrogen-bond acceptors (Lipinski definition) is 5. The second kappa shape index (κ2) is 7.20. The van der Waals surface area contributed by atoms with Gasteiger partial charge in [-0.25, -0.2) is 5.84 Å². The highest BCUT2D eigenvalue weighted by Crippen LogP contribution is 1.85. The van der Waals surface area contributed by atoms with Gasteiger partial charge in [0, 0.05) is 0 Å². The van der Waals surface area contributed by atoms with Crippen molar-refractivity contribution in [2.45, 2.75) is 6.42 Å². The largest absolute Gasteiger partial charge is 0.377 e. The van der Waals surface area contributed by atoms with Gasteiger partial charge >= 0.3 is 5.97 Å². The van der Waals surface area contributed by atoms with E-state index in [0.717, 1.165) is 0 Å². The van der Waals surface area contributed by atoms with Crippen LogP contribution in [0.5, 0.6) is 0 Å². The summed E-state index contributed by atoms with van der Waals surface area (Å²) in [6.45, 7) is 4.19. The standard InChI is InChI=1S/C6H12N2O3/c1-2-4-10-5-3-6(9)11-8-7/h2,8H,1,3-5,7H2. The van der Waals surface area contributed by atoms with Crippen molar-refractivity contribution >= 4 is 5.97 Å². The van der Waals surface area contributed by atoms with Crippen molar-refractivity contribution in [3.63, 3.8) is 0 Å². The highest BCUT2D eigenvalue weighted by Gasteiger charge is 1.99. The van der Waals surface area contributed by atoms with Gasteiger partial charge in [0.05, 0.1) is 19.6 Å². The molecule has 0 atom stereocenters. The lowest BCUT2D eigenvalue weighted by atomic mass is 10.5. The van der Waals surface area contributed by atoms with Crippen molar-refractivity contribution in [1.29, 1.82) is 0 Å². The second-order valence-corrected chi connectivity index (χ2v) is 1.71. The Morgan fingerprint density at radius 3 is 3.00 bits per heavy atom. The quantitative estimate of drug-likeness (QED) is 0.237. The molecule has 5 heteroatoms. The number of hydrazine groups is 1. The predicted molar refractivity (Wildman–Crippen MR) is 39.0 cm³/mol. The molecule has 0 amide bonds. The van der Waals surface area contributed by atoms with Crippen molar-refractivity contribution in [2.75, 3.05) is 13.2 Å². The van der Waals surface area contributed by atoms with Crippen LogP contribution in [0.3, 0.4) is 0 Å². The van der Waals surface area contributed by atoms with Crippen LogP contribution < -0.4 is 11.4 Å². The van der Waals surface area contributed by atoms with Crippen LogP contribution in [0.15, 0.2) is 12.7 Å². The third-order valence-corrected chi connectivity index (χ3v) is 0.859. The van der Waals surface area contributed by atoms with Gasteiger partial charge in [0.2, 0.25) is 0 Å². The Morgan fingerprint density at radius 2 is 2.45 bits per heavy atom. The van der Waals surface area contributed by atoms with Gasteiger partial charge in [-0.1, -0.05) is 11.7 Å². The fraction of sp³-hybridized carbons (Fsp3) is 0.500. The highest BCUT2D eigenvalue weighted by molar-refractivity contribution is 5.69. The van der Waals surface area contributed by atoms with Crippen molar-refractivity contribution in [2.24, 2.45) is 5.84 Å². The summed E-state index contributed by atoms with van der Waals surface area (Å²) in [4.78, 5) is 14.7. The van der Waals surface area contributed by atoms with Gasteiger partial charge in [0.15, 0.2) is 0 Å². The molecule has 0 aliphatic carbocycles. The van der Waals surface area contributed by atoms with Crippen LogP contribution in [0.25, 0.3) is 0 Å². The number of hydrogen-bond donors (Lipinski definition) is 2. The third-order valence-electron chi connectivity index (χ3n) is 0.859. The molecular formula is C6H12N2O3. The van der Waals surface area contributed by atoms with E-state index in [2.05, 4.69) is 11.4 Å². The Hall–Kier alpha value is -0.910. The Balaban J connectivity index is 3.10. The monoisotopic (exact) mass is 160 g/mol. The van der Waals surface area contributed by atoms with E-state index in [9.17, 15) is 4.79 Å². The van der Waals surface area contributed by atoms with Gasteiger partial charge in [-0.15, -0.1) is 6.58 Å². The Morgan fingerprint density at radius 1 is 1.73 bits per heavy atom. The van der Waals surface area contributed by atoms with E-state index in [1.54, 1.807) is 11.7 Å². The molecule has 0 aromatic rings. The van der Waals surface area contributed by atoms with E-state index < -0.39 is 5.97 Å². The maximum atomic E-state index is 10.5. The summed E-state index contributed by atoms with van der Waals surface area (Å²) >= 11 is 0. The molecule has 0 unspecified atom stereocenters. The van der Waals surface area contributed by atoms with Gasteiger partial charge in [0.25, 0.3) is 0 Å². The summed E-state index contributed by atoms with van der Waals surface area (Å²) in [5, 5.41) is 0. The molecule has 0 saturated carbocycles. The maximum Gasteiger partial charge on any atom is 0.328 e. The van der Waals surface area contributed by atoms with E-state index in [4.69, 9.17) is 10.6 Å². The topological polar surface area (TPSA) is 73.6 Å². The summed E-state index contributed by atoms with van der Waals surface area (Å²) < 4.78 is 4.91. The molecule has 11 heavy (non-hydrogen) atoms. The van der Waals surface area contributed by atoms with Crippen molar-refractivity contribution in [1.82, 2.24) is 5.59 Å². The SMILES string of the molecule is C=CCOCCC(=O)ONN. The number of ether oxygens (including phenoxy) is 1. The van der Waals surface area contributed by atoms with Crippen LogP contribution >= 0.6 is 0 Å². The van der Waals surface area contributed by atoms with Gasteiger partial charge in [-0.2, -0.15) is 0 Å². The van der Waals surface area contributed by atoms with E-state index in [1.807, 2.05) is 0 Å². The van der Waals surface area contributed by atoms with Crippen LogP contribution in [0.4, 0.5) is 0 Å². The molecule has 0 heterocycles. The van der Waals surface area contributed by atoms with Crippen molar-refractivity contribution in [3.8, 4) is 0 Å². The minimum atomic E-state index is -0.448. The van der Waals surface area contributed by atoms with Gasteiger partial charge in [-0.05, 0) is 0 Å². The molecule has 0 aromatic heterocycles. The van der Waals surface area contributed by atoms with Gasteiger partial charge in [-0.3, -0.25) is 4.79 Å². The Bertz CT molecular complexity index is 127. The first-order valence-electron chi connectivity index (χ1n) is 3.15. The summed E-state index contributed by atoms with van der Waals surface area (Å²) in [6, 6.07) is 0. The first kappa shape index (κ1) is 10.1. The first-order valence-corrected chi connectivity index (χ1v) is 3.15. The van der Waals surface area contributed by atoms with Gasteiger partial charge < -0.3 is 9.57 Å². The zero-order chi connectivity index (χ0) is 8.53. The zero-order valence-corrected chi connectivity index (χ0v) is 6.21. The minimum Gasteiger partial charge on any atom is -0.377 e. The molecule has 0 aliphatic heterocycles. The summed E-state index contributed by atoms with van der Waals surface area (Å²) in [6.07, 6.45) is 1.78. The molecule has 0 spiro atoms. The van der Waals surface area contributed by atoms with Crippen molar-refractivity contribution in [3.05, 3.63) is 12.7 Å². The van der Waals surface area contributed by atoms with Crippen LogP contribution in [-0.4, -0.2) is 19.2 Å². The van der Waals surface area contributed by atoms with Crippen LogP contribution in [-0.2, 0) is 14.4 Å². The Labute approximate surface area is 65.1 Å². The molecule has 0 fully saturated rings. The molecule has 0 radical (unpaired) electrons. The van der Waals surface area contributed by atoms with E-state index >= 15 is 0 Å². The maximum absolute atomic E-state index is 10.5. The average Bonchev–Trinajstić information content (AvgIpc) is 1.99. The zero-order valence-electron chi connectivity index (χ0n) is 6.21. The lowest BCUT2D eigenvalue weighted by molar-refractivity contribution is -0.152. The molecule has 64 valence electrons. The molecule has 0 aromatic carbocycles. The van der Waals surface area contributed by atoms with Crippen LogP contribution in [0.1, 0.15) is 6.42 Å². The molecule has 3 N–H and O–H groups in total. The normalized spacial score (nSPS) is 9.18.